The molecule has 3 heterocycles. The van der Waals surface area contributed by atoms with Crippen LogP contribution in [0.2, 0.25) is 0 Å². The molecule has 42 heavy (non-hydrogen) atoms. The van der Waals surface area contributed by atoms with Crippen molar-refractivity contribution in [3.05, 3.63) is 95.4 Å². The van der Waals surface area contributed by atoms with Gasteiger partial charge in [-0.1, -0.05) is 12.1 Å². The number of benzene rings is 2. The van der Waals surface area contributed by atoms with Gasteiger partial charge in [-0.05, 0) is 106 Å². The minimum atomic E-state index is -4.67. The van der Waals surface area contributed by atoms with E-state index in [0.29, 0.717) is 34.6 Å². The van der Waals surface area contributed by atoms with Crippen molar-refractivity contribution in [2.75, 3.05) is 23.7 Å². The molecule has 0 bridgehead atoms. The zero-order chi connectivity index (χ0) is 29.9. The number of halogens is 3. The number of nitrogens with zero attached hydrogens (tertiary/aromatic N) is 4. The van der Waals surface area contributed by atoms with Crippen LogP contribution in [0.3, 0.4) is 0 Å². The number of hydrogen-bond donors (Lipinski definition) is 2. The molecule has 218 valence electrons. The number of rotatable bonds is 7. The van der Waals surface area contributed by atoms with Crippen molar-refractivity contribution >= 4 is 23.2 Å². The molecule has 2 N–H and O–H groups in total. The van der Waals surface area contributed by atoms with E-state index in [1.165, 1.54) is 6.07 Å². The van der Waals surface area contributed by atoms with Crippen molar-refractivity contribution in [2.24, 2.45) is 0 Å². The highest BCUT2D eigenvalue weighted by Crippen LogP contribution is 2.37. The fourth-order valence-electron chi connectivity index (χ4n) is 5.24. The number of carbonyl (C=O) groups is 1. The van der Waals surface area contributed by atoms with Gasteiger partial charge in [0.1, 0.15) is 0 Å². The zero-order valence-corrected chi connectivity index (χ0v) is 23.7. The lowest BCUT2D eigenvalue weighted by Crippen LogP contribution is -2.37. The molecule has 1 amide bonds. The number of piperidine rings is 1. The van der Waals surface area contributed by atoms with Crippen molar-refractivity contribution in [1.82, 2.24) is 19.9 Å². The summed E-state index contributed by atoms with van der Waals surface area (Å²) in [5.41, 5.74) is 2.59. The molecular formula is C32H33F3N6O. The molecule has 2 aromatic carbocycles. The van der Waals surface area contributed by atoms with Gasteiger partial charge < -0.3 is 15.5 Å². The molecule has 0 radical (unpaired) electrons. The molecule has 0 saturated carbocycles. The number of pyridine rings is 1. The molecule has 5 rings (SSSR count). The maximum atomic E-state index is 14.2. The largest absolute Gasteiger partial charge is 0.417 e. The highest BCUT2D eigenvalue weighted by molar-refractivity contribution is 6.05. The Balaban J connectivity index is 1.34. The van der Waals surface area contributed by atoms with Crippen LogP contribution in [-0.4, -0.2) is 44.9 Å². The van der Waals surface area contributed by atoms with Gasteiger partial charge in [0.2, 0.25) is 5.95 Å². The molecule has 0 aliphatic carbocycles. The number of amides is 1. The molecule has 1 aliphatic heterocycles. The van der Waals surface area contributed by atoms with E-state index in [0.717, 1.165) is 43.1 Å². The molecule has 7 nitrogen and oxygen atoms in total. The second kappa shape index (κ2) is 12.3. The Bertz CT molecular complexity index is 1550. The first kappa shape index (κ1) is 29.2. The quantitative estimate of drug-likeness (QED) is 0.239. The molecule has 4 aromatic rings. The van der Waals surface area contributed by atoms with E-state index in [1.807, 2.05) is 19.1 Å². The van der Waals surface area contributed by atoms with Gasteiger partial charge in [0, 0.05) is 41.6 Å². The van der Waals surface area contributed by atoms with E-state index in [-0.39, 0.29) is 5.92 Å². The van der Waals surface area contributed by atoms with Crippen molar-refractivity contribution in [2.45, 2.75) is 51.7 Å². The molecule has 1 fully saturated rings. The predicted octanol–water partition coefficient (Wildman–Crippen LogP) is 7.45. The Kier molecular flexibility index (Phi) is 8.54. The summed E-state index contributed by atoms with van der Waals surface area (Å²) in [7, 11) is 0. The summed E-state index contributed by atoms with van der Waals surface area (Å²) in [4.78, 5) is 28.4. The van der Waals surface area contributed by atoms with Crippen molar-refractivity contribution in [3.63, 3.8) is 0 Å². The first-order chi connectivity index (χ1) is 20.1. The second-order valence-electron chi connectivity index (χ2n) is 10.8. The second-order valence-corrected chi connectivity index (χ2v) is 10.8. The van der Waals surface area contributed by atoms with Crippen LogP contribution in [0.4, 0.5) is 30.5 Å². The Morgan fingerprint density at radius 3 is 2.50 bits per heavy atom. The molecule has 10 heteroatoms. The van der Waals surface area contributed by atoms with Crippen LogP contribution in [0, 0.1) is 6.92 Å². The van der Waals surface area contributed by atoms with E-state index in [2.05, 4.69) is 44.3 Å². The summed E-state index contributed by atoms with van der Waals surface area (Å²) >= 11 is 0. The Hall–Kier alpha value is -4.31. The minimum absolute atomic E-state index is 0.0304. The molecule has 1 aliphatic rings. The molecule has 1 saturated heterocycles. The lowest BCUT2D eigenvalue weighted by Gasteiger charge is -2.35. The summed E-state index contributed by atoms with van der Waals surface area (Å²) in [5, 5.41) is 5.79. The predicted molar refractivity (Wildman–Crippen MR) is 158 cm³/mol. The number of nitrogens with one attached hydrogen (secondary N) is 2. The summed E-state index contributed by atoms with van der Waals surface area (Å²) in [6.07, 6.45) is 1.90. The maximum absolute atomic E-state index is 14.2. The van der Waals surface area contributed by atoms with Gasteiger partial charge in [0.25, 0.3) is 5.91 Å². The highest BCUT2D eigenvalue weighted by atomic mass is 19.4. The average Bonchev–Trinajstić information content (AvgIpc) is 2.99. The van der Waals surface area contributed by atoms with Gasteiger partial charge in [-0.3, -0.25) is 9.78 Å². The first-order valence-corrected chi connectivity index (χ1v) is 14.0. The molecule has 0 spiro atoms. The summed E-state index contributed by atoms with van der Waals surface area (Å²) in [5.74, 6) is -0.465. The third-order valence-electron chi connectivity index (χ3n) is 7.68. The minimum Gasteiger partial charge on any atom is -0.324 e. The van der Waals surface area contributed by atoms with Crippen LogP contribution >= 0.6 is 0 Å². The van der Waals surface area contributed by atoms with E-state index in [4.69, 9.17) is 0 Å². The standard InChI is InChI=1S/C32H33F3N6O/c1-20(2)41-15-11-22(12-16-41)23-7-9-26(27(17-23)32(33,34)35)30(42)38-25-8-6-21(3)29(18-25)40-31-37-14-10-28(39-31)24-5-4-13-36-19-24/h4-10,13-14,17-20,22H,11-12,15-16H2,1-3H3,(H,38,42)(H,37,39,40). The Labute approximate surface area is 243 Å². The Morgan fingerprint density at radius 1 is 1.02 bits per heavy atom. The van der Waals surface area contributed by atoms with Crippen molar-refractivity contribution < 1.29 is 18.0 Å². The summed E-state index contributed by atoms with van der Waals surface area (Å²) in [6.45, 7) is 7.80. The van der Waals surface area contributed by atoms with Gasteiger partial charge in [0.15, 0.2) is 0 Å². The number of carbonyl (C=O) groups excluding carboxylic acids is 1. The zero-order valence-electron chi connectivity index (χ0n) is 23.7. The van der Waals surface area contributed by atoms with Crippen LogP contribution in [0.5, 0.6) is 0 Å². The number of aromatic nitrogens is 3. The first-order valence-electron chi connectivity index (χ1n) is 14.0. The van der Waals surface area contributed by atoms with Gasteiger partial charge in [-0.2, -0.15) is 13.2 Å². The van der Waals surface area contributed by atoms with E-state index < -0.39 is 23.2 Å². The number of alkyl halides is 3. The molecular weight excluding hydrogens is 541 g/mol. The summed E-state index contributed by atoms with van der Waals surface area (Å²) in [6, 6.07) is 15.1. The van der Waals surface area contributed by atoms with Crippen molar-refractivity contribution in [1.29, 1.82) is 0 Å². The van der Waals surface area contributed by atoms with Gasteiger partial charge in [0.05, 0.1) is 16.8 Å². The molecule has 0 atom stereocenters. The third-order valence-corrected chi connectivity index (χ3v) is 7.68. The van der Waals surface area contributed by atoms with Gasteiger partial charge in [-0.25, -0.2) is 9.97 Å². The molecule has 0 unspecified atom stereocenters. The maximum Gasteiger partial charge on any atom is 0.417 e. The van der Waals surface area contributed by atoms with Gasteiger partial charge >= 0.3 is 6.18 Å². The smallest absolute Gasteiger partial charge is 0.324 e. The fraction of sp³-hybridized carbons (Fsp3) is 0.312. The van der Waals surface area contributed by atoms with Crippen LogP contribution in [0.15, 0.2) is 73.2 Å². The Morgan fingerprint density at radius 2 is 1.81 bits per heavy atom. The average molecular weight is 575 g/mol. The highest BCUT2D eigenvalue weighted by Gasteiger charge is 2.36. The topological polar surface area (TPSA) is 83.0 Å². The third kappa shape index (κ3) is 6.76. The van der Waals surface area contributed by atoms with Crippen LogP contribution in [0.25, 0.3) is 11.3 Å². The normalized spacial score (nSPS) is 14.6. The number of anilines is 3. The SMILES string of the molecule is Cc1ccc(NC(=O)c2ccc(C3CCN(C(C)C)CC3)cc2C(F)(F)F)cc1Nc1nccc(-c2cccnc2)n1. The van der Waals surface area contributed by atoms with Gasteiger partial charge in [-0.15, -0.1) is 0 Å². The van der Waals surface area contributed by atoms with Crippen LogP contribution in [0.1, 0.15) is 59.7 Å². The lowest BCUT2D eigenvalue weighted by molar-refractivity contribution is -0.138. The van der Waals surface area contributed by atoms with E-state index >= 15 is 0 Å². The van der Waals surface area contributed by atoms with E-state index in [9.17, 15) is 18.0 Å². The number of likely N-dealkylation sites (tertiary alicyclic amines) is 1. The fourth-order valence-corrected chi connectivity index (χ4v) is 5.24. The number of hydrogen-bond acceptors (Lipinski definition) is 6. The van der Waals surface area contributed by atoms with Crippen molar-refractivity contribution in [3.8, 4) is 11.3 Å². The lowest BCUT2D eigenvalue weighted by atomic mass is 9.87. The van der Waals surface area contributed by atoms with Crippen LogP contribution in [-0.2, 0) is 6.18 Å². The molecule has 2 aromatic heterocycles. The number of aryl methyl sites for hydroxylation is 1. The summed E-state index contributed by atoms with van der Waals surface area (Å²) < 4.78 is 42.5. The van der Waals surface area contributed by atoms with Crippen LogP contribution < -0.4 is 10.6 Å². The monoisotopic (exact) mass is 574 g/mol. The van der Waals surface area contributed by atoms with E-state index in [1.54, 1.807) is 48.9 Å².